The maximum atomic E-state index is 13.0. The molecule has 1 aromatic heterocycles. The van der Waals surface area contributed by atoms with Crippen LogP contribution >= 0.6 is 0 Å². The van der Waals surface area contributed by atoms with Crippen LogP contribution in [0.25, 0.3) is 0 Å². The molecule has 2 rings (SSSR count). The fourth-order valence-corrected chi connectivity index (χ4v) is 1.85. The molecule has 1 aliphatic rings. The van der Waals surface area contributed by atoms with Crippen molar-refractivity contribution in [2.24, 2.45) is 0 Å². The Morgan fingerprint density at radius 1 is 1.44 bits per heavy atom. The second-order valence-electron chi connectivity index (χ2n) is 5.14. The predicted octanol–water partition coefficient (Wildman–Crippen LogP) is 2.97. The molecule has 0 aliphatic heterocycles. The molecule has 1 saturated carbocycles. The highest BCUT2D eigenvalue weighted by Gasteiger charge is 2.42. The Morgan fingerprint density at radius 2 is 2.17 bits per heavy atom. The molecule has 0 atom stereocenters. The second kappa shape index (κ2) is 5.26. The minimum atomic E-state index is -2.53. The molecule has 1 aliphatic carbocycles. The van der Waals surface area contributed by atoms with E-state index in [1.807, 2.05) is 13.8 Å². The van der Waals surface area contributed by atoms with Gasteiger partial charge in [0.1, 0.15) is 11.5 Å². The van der Waals surface area contributed by atoms with Crippen LogP contribution in [0.4, 0.5) is 8.78 Å². The van der Waals surface area contributed by atoms with Gasteiger partial charge in [0.25, 0.3) is 6.43 Å². The van der Waals surface area contributed by atoms with Gasteiger partial charge in [0.15, 0.2) is 0 Å². The van der Waals surface area contributed by atoms with Gasteiger partial charge >= 0.3 is 0 Å². The van der Waals surface area contributed by atoms with E-state index in [2.05, 4.69) is 15.3 Å². The Morgan fingerprint density at radius 3 is 2.72 bits per heavy atom. The first kappa shape index (κ1) is 13.3. The summed E-state index contributed by atoms with van der Waals surface area (Å²) in [5.41, 5.74) is 0.321. The number of alkyl halides is 2. The van der Waals surface area contributed by atoms with Crippen molar-refractivity contribution < 1.29 is 8.78 Å². The molecule has 100 valence electrons. The largest absolute Gasteiger partial charge is 0.313 e. The number of nitrogens with one attached hydrogen (secondary N) is 1. The van der Waals surface area contributed by atoms with Gasteiger partial charge in [-0.1, -0.05) is 13.8 Å². The summed E-state index contributed by atoms with van der Waals surface area (Å²) in [5, 5.41) is 3.11. The summed E-state index contributed by atoms with van der Waals surface area (Å²) in [6, 6.07) is 0. The van der Waals surface area contributed by atoms with E-state index in [0.29, 0.717) is 17.9 Å². The van der Waals surface area contributed by atoms with Gasteiger partial charge in [-0.05, 0) is 25.8 Å². The minimum Gasteiger partial charge on any atom is -0.313 e. The molecular formula is C13H19F2N3. The van der Waals surface area contributed by atoms with Crippen molar-refractivity contribution >= 4 is 0 Å². The van der Waals surface area contributed by atoms with Crippen LogP contribution in [0.3, 0.4) is 0 Å². The minimum absolute atomic E-state index is 0.0704. The molecule has 5 heteroatoms. The molecule has 1 fully saturated rings. The predicted molar refractivity (Wildman–Crippen MR) is 65.6 cm³/mol. The van der Waals surface area contributed by atoms with Crippen LogP contribution in [0, 0.1) is 0 Å². The van der Waals surface area contributed by atoms with E-state index < -0.39 is 6.43 Å². The number of hydrogen-bond acceptors (Lipinski definition) is 3. The lowest BCUT2D eigenvalue weighted by molar-refractivity contribution is 0.144. The average Bonchev–Trinajstić information content (AvgIpc) is 3.09. The monoisotopic (exact) mass is 255 g/mol. The molecule has 0 aromatic carbocycles. The van der Waals surface area contributed by atoms with E-state index in [9.17, 15) is 8.78 Å². The number of nitrogens with zero attached hydrogens (tertiary/aromatic N) is 2. The summed E-state index contributed by atoms with van der Waals surface area (Å²) < 4.78 is 26.0. The molecule has 0 spiro atoms. The maximum Gasteiger partial charge on any atom is 0.280 e. The third-order valence-electron chi connectivity index (χ3n) is 3.39. The highest BCUT2D eigenvalue weighted by atomic mass is 19.3. The Labute approximate surface area is 106 Å². The molecule has 0 amide bonds. The van der Waals surface area contributed by atoms with Crippen molar-refractivity contribution in [3.63, 3.8) is 0 Å². The first-order chi connectivity index (χ1) is 8.57. The van der Waals surface area contributed by atoms with Crippen LogP contribution in [-0.2, 0) is 12.0 Å². The van der Waals surface area contributed by atoms with Crippen molar-refractivity contribution in [3.8, 4) is 0 Å². The Kier molecular flexibility index (Phi) is 3.90. The van der Waals surface area contributed by atoms with Crippen molar-refractivity contribution in [3.05, 3.63) is 23.3 Å². The van der Waals surface area contributed by atoms with Crippen molar-refractivity contribution in [1.29, 1.82) is 0 Å². The normalized spacial score (nSPS) is 17.2. The fraction of sp³-hybridized carbons (Fsp3) is 0.692. The summed E-state index contributed by atoms with van der Waals surface area (Å²) >= 11 is 0. The molecule has 0 unspecified atom stereocenters. The molecule has 0 bridgehead atoms. The molecule has 0 radical (unpaired) electrons. The van der Waals surface area contributed by atoms with Gasteiger partial charge in [-0.2, -0.15) is 0 Å². The molecule has 18 heavy (non-hydrogen) atoms. The number of rotatable bonds is 6. The van der Waals surface area contributed by atoms with E-state index in [1.54, 1.807) is 6.20 Å². The van der Waals surface area contributed by atoms with E-state index >= 15 is 0 Å². The lowest BCUT2D eigenvalue weighted by Crippen LogP contribution is -2.18. The second-order valence-corrected chi connectivity index (χ2v) is 5.14. The van der Waals surface area contributed by atoms with Crippen LogP contribution in [0.2, 0.25) is 0 Å². The molecule has 1 aromatic rings. The summed E-state index contributed by atoms with van der Waals surface area (Å²) in [6.45, 7) is 5.27. The third kappa shape index (κ3) is 2.83. The van der Waals surface area contributed by atoms with Gasteiger partial charge in [0.05, 0.1) is 0 Å². The number of hydrogen-bond donors (Lipinski definition) is 1. The van der Waals surface area contributed by atoms with Crippen molar-refractivity contribution in [1.82, 2.24) is 15.3 Å². The summed E-state index contributed by atoms with van der Waals surface area (Å²) in [6.07, 6.45) is 1.97. The topological polar surface area (TPSA) is 37.8 Å². The van der Waals surface area contributed by atoms with Gasteiger partial charge in [0, 0.05) is 23.7 Å². The highest BCUT2D eigenvalue weighted by molar-refractivity contribution is 5.24. The van der Waals surface area contributed by atoms with Gasteiger partial charge < -0.3 is 5.32 Å². The zero-order valence-corrected chi connectivity index (χ0v) is 10.8. The van der Waals surface area contributed by atoms with Gasteiger partial charge in [0.2, 0.25) is 0 Å². The lowest BCUT2D eigenvalue weighted by Gasteiger charge is -2.13. The first-order valence-corrected chi connectivity index (χ1v) is 6.42. The fourth-order valence-electron chi connectivity index (χ4n) is 1.85. The quantitative estimate of drug-likeness (QED) is 0.794. The standard InChI is InChI=1S/C13H19F2N3/c1-3-6-16-7-9-8-17-12(13(2)4-5-13)18-10(9)11(14)15/h8,11,16H,3-7H2,1-2H3. The highest BCUT2D eigenvalue weighted by Crippen LogP contribution is 2.46. The molecular weight excluding hydrogens is 236 g/mol. The van der Waals surface area contributed by atoms with E-state index in [1.165, 1.54) is 0 Å². The first-order valence-electron chi connectivity index (χ1n) is 6.42. The van der Waals surface area contributed by atoms with Crippen LogP contribution in [-0.4, -0.2) is 16.5 Å². The number of aromatic nitrogens is 2. The van der Waals surface area contributed by atoms with Gasteiger partial charge in [-0.3, -0.25) is 0 Å². The average molecular weight is 255 g/mol. The van der Waals surface area contributed by atoms with Crippen molar-refractivity contribution in [2.75, 3.05) is 6.54 Å². The molecule has 1 N–H and O–H groups in total. The Bertz CT molecular complexity index is 417. The molecule has 3 nitrogen and oxygen atoms in total. The number of halogens is 2. The molecule has 0 saturated heterocycles. The van der Waals surface area contributed by atoms with Crippen LogP contribution in [0.15, 0.2) is 6.20 Å². The van der Waals surface area contributed by atoms with Crippen LogP contribution in [0.1, 0.15) is 56.6 Å². The summed E-state index contributed by atoms with van der Waals surface area (Å²) in [7, 11) is 0. The zero-order chi connectivity index (χ0) is 13.2. The van der Waals surface area contributed by atoms with E-state index in [4.69, 9.17) is 0 Å². The lowest BCUT2D eigenvalue weighted by atomic mass is 10.1. The van der Waals surface area contributed by atoms with E-state index in [-0.39, 0.29) is 11.1 Å². The van der Waals surface area contributed by atoms with Gasteiger partial charge in [-0.25, -0.2) is 18.7 Å². The van der Waals surface area contributed by atoms with Crippen LogP contribution in [0.5, 0.6) is 0 Å². The Balaban J connectivity index is 2.18. The summed E-state index contributed by atoms with van der Waals surface area (Å²) in [4.78, 5) is 8.33. The zero-order valence-electron chi connectivity index (χ0n) is 10.8. The van der Waals surface area contributed by atoms with Gasteiger partial charge in [-0.15, -0.1) is 0 Å². The van der Waals surface area contributed by atoms with Crippen LogP contribution < -0.4 is 5.32 Å². The Hall–Kier alpha value is -1.10. The summed E-state index contributed by atoms with van der Waals surface area (Å²) in [5.74, 6) is 0.567. The maximum absolute atomic E-state index is 13.0. The SMILES string of the molecule is CCCNCc1cnc(C2(C)CC2)nc1C(F)F. The smallest absolute Gasteiger partial charge is 0.280 e. The van der Waals surface area contributed by atoms with E-state index in [0.717, 1.165) is 25.8 Å². The third-order valence-corrected chi connectivity index (χ3v) is 3.39. The molecule has 1 heterocycles. The van der Waals surface area contributed by atoms with Crippen molar-refractivity contribution in [2.45, 2.75) is 51.5 Å².